The lowest BCUT2D eigenvalue weighted by molar-refractivity contribution is 0.0138. The third-order valence-electron chi connectivity index (χ3n) is 3.20. The Balaban J connectivity index is 1.80. The van der Waals surface area contributed by atoms with Crippen LogP contribution in [0.1, 0.15) is 26.5 Å². The van der Waals surface area contributed by atoms with E-state index in [0.29, 0.717) is 13.1 Å². The van der Waals surface area contributed by atoms with Crippen molar-refractivity contribution in [1.82, 2.24) is 14.8 Å². The molecule has 0 N–H and O–H groups in total. The highest BCUT2D eigenvalue weighted by molar-refractivity contribution is 9.10. The molecule has 0 aromatic carbocycles. The highest BCUT2D eigenvalue weighted by Crippen LogP contribution is 2.13. The van der Waals surface area contributed by atoms with Crippen LogP contribution in [0.15, 0.2) is 22.8 Å². The molecule has 5 nitrogen and oxygen atoms in total. The van der Waals surface area contributed by atoms with Crippen molar-refractivity contribution in [2.24, 2.45) is 0 Å². The lowest BCUT2D eigenvalue weighted by Crippen LogP contribution is -2.49. The van der Waals surface area contributed by atoms with Gasteiger partial charge in [0.25, 0.3) is 0 Å². The van der Waals surface area contributed by atoms with Gasteiger partial charge in [0.2, 0.25) is 0 Å². The Hall–Kier alpha value is -1.14. The fourth-order valence-electron chi connectivity index (χ4n) is 2.14. The Morgan fingerprint density at radius 3 is 2.48 bits per heavy atom. The molecule has 1 aromatic rings. The van der Waals surface area contributed by atoms with E-state index in [-0.39, 0.29) is 6.09 Å². The first kappa shape index (κ1) is 16.2. The molecule has 0 unspecified atom stereocenters. The number of piperazine rings is 1. The second-order valence-corrected chi connectivity index (χ2v) is 7.13. The molecule has 1 aliphatic heterocycles. The fraction of sp³-hybridized carbons (Fsp3) is 0.600. The molecular formula is C15H22BrN3O2. The Labute approximate surface area is 134 Å². The Bertz CT molecular complexity index is 477. The average Bonchev–Trinajstić information content (AvgIpc) is 2.40. The van der Waals surface area contributed by atoms with Crippen molar-refractivity contribution in [2.75, 3.05) is 26.2 Å². The van der Waals surface area contributed by atoms with E-state index in [1.807, 2.05) is 39.1 Å². The summed E-state index contributed by atoms with van der Waals surface area (Å²) >= 11 is 3.38. The van der Waals surface area contributed by atoms with Crippen molar-refractivity contribution in [3.63, 3.8) is 0 Å². The smallest absolute Gasteiger partial charge is 0.410 e. The number of pyridine rings is 1. The van der Waals surface area contributed by atoms with Crippen LogP contribution in [-0.4, -0.2) is 52.7 Å². The van der Waals surface area contributed by atoms with E-state index in [1.165, 1.54) is 0 Å². The minimum absolute atomic E-state index is 0.219. The second kappa shape index (κ2) is 6.75. The van der Waals surface area contributed by atoms with Gasteiger partial charge in [0.05, 0.1) is 5.69 Å². The number of carbonyl (C=O) groups excluding carboxylic acids is 1. The van der Waals surface area contributed by atoms with Crippen molar-refractivity contribution in [3.05, 3.63) is 28.5 Å². The highest BCUT2D eigenvalue weighted by atomic mass is 79.9. The number of halogens is 1. The van der Waals surface area contributed by atoms with Gasteiger partial charge in [-0.2, -0.15) is 0 Å². The molecule has 2 heterocycles. The Kier molecular flexibility index (Phi) is 5.22. The van der Waals surface area contributed by atoms with Crippen molar-refractivity contribution in [3.8, 4) is 0 Å². The van der Waals surface area contributed by atoms with Gasteiger partial charge in [-0.1, -0.05) is 0 Å². The topological polar surface area (TPSA) is 45.7 Å². The normalized spacial score (nSPS) is 16.9. The third-order valence-corrected chi connectivity index (χ3v) is 3.67. The van der Waals surface area contributed by atoms with Gasteiger partial charge in [-0.05, 0) is 48.8 Å². The summed E-state index contributed by atoms with van der Waals surface area (Å²) in [6, 6.07) is 4.02. The molecule has 1 fully saturated rings. The van der Waals surface area contributed by atoms with E-state index in [2.05, 4.69) is 25.8 Å². The molecule has 116 valence electrons. The van der Waals surface area contributed by atoms with Crippen molar-refractivity contribution >= 4 is 22.0 Å². The summed E-state index contributed by atoms with van der Waals surface area (Å²) in [6.07, 6.45) is 1.59. The van der Waals surface area contributed by atoms with E-state index in [4.69, 9.17) is 4.74 Å². The summed E-state index contributed by atoms with van der Waals surface area (Å²) in [5.74, 6) is 0. The molecule has 1 aliphatic rings. The monoisotopic (exact) mass is 355 g/mol. The SMILES string of the molecule is CC(C)(C)OC(=O)N1CCN(Cc2ccc(Br)cn2)CC1. The molecule has 0 atom stereocenters. The molecule has 1 aromatic heterocycles. The highest BCUT2D eigenvalue weighted by Gasteiger charge is 2.25. The summed E-state index contributed by atoms with van der Waals surface area (Å²) in [7, 11) is 0. The van der Waals surface area contributed by atoms with E-state index in [9.17, 15) is 4.79 Å². The molecule has 6 heteroatoms. The maximum Gasteiger partial charge on any atom is 0.410 e. The first-order chi connectivity index (χ1) is 9.83. The number of nitrogens with zero attached hydrogens (tertiary/aromatic N) is 3. The predicted molar refractivity (Wildman–Crippen MR) is 85.0 cm³/mol. The van der Waals surface area contributed by atoms with Gasteiger partial charge in [0.1, 0.15) is 5.60 Å². The summed E-state index contributed by atoms with van der Waals surface area (Å²) in [5, 5.41) is 0. The predicted octanol–water partition coefficient (Wildman–Crippen LogP) is 2.90. The van der Waals surface area contributed by atoms with Crippen LogP contribution in [0.25, 0.3) is 0 Å². The molecule has 0 spiro atoms. The minimum Gasteiger partial charge on any atom is -0.444 e. The zero-order chi connectivity index (χ0) is 15.5. The molecule has 0 radical (unpaired) electrons. The molecule has 0 saturated carbocycles. The standard InChI is InChI=1S/C15H22BrN3O2/c1-15(2,3)21-14(20)19-8-6-18(7-9-19)11-13-5-4-12(16)10-17-13/h4-5,10H,6-9,11H2,1-3H3. The maximum atomic E-state index is 12.0. The van der Waals surface area contributed by atoms with Crippen LogP contribution < -0.4 is 0 Å². The first-order valence-corrected chi connectivity index (χ1v) is 7.93. The fourth-order valence-corrected chi connectivity index (χ4v) is 2.38. The summed E-state index contributed by atoms with van der Waals surface area (Å²) in [5.41, 5.74) is 0.610. The van der Waals surface area contributed by atoms with Gasteiger partial charge in [-0.25, -0.2) is 4.79 Å². The van der Waals surface area contributed by atoms with E-state index < -0.39 is 5.60 Å². The van der Waals surface area contributed by atoms with Gasteiger partial charge >= 0.3 is 6.09 Å². The molecule has 0 bridgehead atoms. The minimum atomic E-state index is -0.435. The van der Waals surface area contributed by atoms with Gasteiger partial charge in [0, 0.05) is 43.4 Å². The number of rotatable bonds is 2. The van der Waals surface area contributed by atoms with Crippen molar-refractivity contribution in [2.45, 2.75) is 32.9 Å². The lowest BCUT2D eigenvalue weighted by Gasteiger charge is -2.35. The average molecular weight is 356 g/mol. The van der Waals surface area contributed by atoms with Crippen LogP contribution in [0, 0.1) is 0 Å². The largest absolute Gasteiger partial charge is 0.444 e. The number of carbonyl (C=O) groups is 1. The Morgan fingerprint density at radius 2 is 1.95 bits per heavy atom. The van der Waals surface area contributed by atoms with Crippen molar-refractivity contribution in [1.29, 1.82) is 0 Å². The number of ether oxygens (including phenoxy) is 1. The lowest BCUT2D eigenvalue weighted by atomic mass is 10.2. The maximum absolute atomic E-state index is 12.0. The van der Waals surface area contributed by atoms with Gasteiger partial charge < -0.3 is 9.64 Å². The third kappa shape index (κ3) is 5.28. The summed E-state index contributed by atoms with van der Waals surface area (Å²) < 4.78 is 6.38. The molecule has 0 aliphatic carbocycles. The van der Waals surface area contributed by atoms with Crippen molar-refractivity contribution < 1.29 is 9.53 Å². The van der Waals surface area contributed by atoms with Gasteiger partial charge in [0.15, 0.2) is 0 Å². The van der Waals surface area contributed by atoms with Crippen LogP contribution in [0.4, 0.5) is 4.79 Å². The quantitative estimate of drug-likeness (QED) is 0.818. The van der Waals surface area contributed by atoms with E-state index in [1.54, 1.807) is 4.90 Å². The summed E-state index contributed by atoms with van der Waals surface area (Å²) in [6.45, 7) is 9.57. The Morgan fingerprint density at radius 1 is 1.29 bits per heavy atom. The number of hydrogen-bond donors (Lipinski definition) is 0. The number of aromatic nitrogens is 1. The first-order valence-electron chi connectivity index (χ1n) is 7.14. The molecule has 21 heavy (non-hydrogen) atoms. The second-order valence-electron chi connectivity index (χ2n) is 6.21. The van der Waals surface area contributed by atoms with E-state index >= 15 is 0 Å². The van der Waals surface area contributed by atoms with Gasteiger partial charge in [-0.15, -0.1) is 0 Å². The van der Waals surface area contributed by atoms with Crippen LogP contribution in [0.2, 0.25) is 0 Å². The molecule has 2 rings (SSSR count). The molecule has 1 saturated heterocycles. The van der Waals surface area contributed by atoms with E-state index in [0.717, 1.165) is 29.8 Å². The molecule has 1 amide bonds. The van der Waals surface area contributed by atoms with Crippen LogP contribution in [0.3, 0.4) is 0 Å². The van der Waals surface area contributed by atoms with Crippen LogP contribution in [0.5, 0.6) is 0 Å². The zero-order valence-electron chi connectivity index (χ0n) is 12.8. The zero-order valence-corrected chi connectivity index (χ0v) is 14.4. The molecular weight excluding hydrogens is 334 g/mol. The van der Waals surface area contributed by atoms with Crippen LogP contribution in [-0.2, 0) is 11.3 Å². The number of hydrogen-bond acceptors (Lipinski definition) is 4. The summed E-state index contributed by atoms with van der Waals surface area (Å²) in [4.78, 5) is 20.4. The van der Waals surface area contributed by atoms with Crippen LogP contribution >= 0.6 is 15.9 Å². The number of amides is 1. The van der Waals surface area contributed by atoms with Gasteiger partial charge in [-0.3, -0.25) is 9.88 Å².